The maximum Gasteiger partial charge on any atom is 0.398 e. The summed E-state index contributed by atoms with van der Waals surface area (Å²) >= 11 is 0. The largest absolute Gasteiger partial charge is 0.434 e. The molecular formula is C21H22FN7O3. The molecule has 0 aliphatic carbocycles. The molecule has 0 aromatic carbocycles. The van der Waals surface area contributed by atoms with Gasteiger partial charge in [-0.3, -0.25) is 9.69 Å². The molecule has 2 aliphatic heterocycles. The van der Waals surface area contributed by atoms with Crippen molar-refractivity contribution in [2.75, 3.05) is 36.0 Å². The number of imidazole rings is 1. The molecule has 2 aliphatic rings. The SMILES string of the molecule is Cc1cn2cc(N3c4nccc(N5CCNCC5)c4CC3OC(=O)C(N)=O)c(F)cc2n1. The fraction of sp³-hybridized carbons (Fsp3) is 0.333. The number of ether oxygens (including phenoxy) is 1. The number of amides is 1. The van der Waals surface area contributed by atoms with E-state index in [1.165, 1.54) is 11.0 Å². The number of aryl methyl sites for hydroxylation is 1. The molecule has 32 heavy (non-hydrogen) atoms. The van der Waals surface area contributed by atoms with E-state index in [2.05, 4.69) is 20.2 Å². The Kier molecular flexibility index (Phi) is 4.89. The highest BCUT2D eigenvalue weighted by Crippen LogP contribution is 2.42. The summed E-state index contributed by atoms with van der Waals surface area (Å²) in [6, 6.07) is 3.22. The van der Waals surface area contributed by atoms with E-state index < -0.39 is 23.9 Å². The van der Waals surface area contributed by atoms with E-state index in [0.29, 0.717) is 11.5 Å². The third-order valence-corrected chi connectivity index (χ3v) is 5.71. The van der Waals surface area contributed by atoms with Crippen LogP contribution in [0.1, 0.15) is 11.3 Å². The Hall–Kier alpha value is -3.73. The quantitative estimate of drug-likeness (QED) is 0.451. The van der Waals surface area contributed by atoms with Crippen LogP contribution in [0, 0.1) is 12.7 Å². The van der Waals surface area contributed by atoms with Crippen molar-refractivity contribution < 1.29 is 18.7 Å². The maximum atomic E-state index is 15.2. The highest BCUT2D eigenvalue weighted by Gasteiger charge is 2.39. The van der Waals surface area contributed by atoms with Gasteiger partial charge in [0.2, 0.25) is 0 Å². The van der Waals surface area contributed by atoms with Crippen LogP contribution in [-0.4, -0.2) is 58.7 Å². The minimum atomic E-state index is -1.21. The second-order valence-corrected chi connectivity index (χ2v) is 7.82. The standard InChI is InChI=1S/C21H22FN7O3/c1-12-10-28-11-16(14(22)9-17(28)26-12)29-18(32-21(31)19(23)30)8-13-15(2-3-25-20(13)29)27-6-4-24-5-7-27/h2-3,9-11,18,24H,4-8H2,1H3,(H2,23,30). The molecule has 166 valence electrons. The smallest absolute Gasteiger partial charge is 0.398 e. The van der Waals surface area contributed by atoms with E-state index in [-0.39, 0.29) is 12.1 Å². The zero-order valence-corrected chi connectivity index (χ0v) is 17.4. The van der Waals surface area contributed by atoms with Crippen LogP contribution in [0.25, 0.3) is 5.65 Å². The van der Waals surface area contributed by atoms with Crippen molar-refractivity contribution in [3.63, 3.8) is 0 Å². The third kappa shape index (κ3) is 3.40. The van der Waals surface area contributed by atoms with Crippen molar-refractivity contribution in [1.29, 1.82) is 0 Å². The molecule has 11 heteroatoms. The van der Waals surface area contributed by atoms with Crippen molar-refractivity contribution in [2.45, 2.75) is 19.6 Å². The zero-order chi connectivity index (χ0) is 22.4. The normalized spacial score (nSPS) is 18.1. The van der Waals surface area contributed by atoms with Crippen molar-refractivity contribution >= 4 is 34.7 Å². The Morgan fingerprint density at radius 3 is 2.78 bits per heavy atom. The van der Waals surface area contributed by atoms with Crippen molar-refractivity contribution in [3.05, 3.63) is 47.8 Å². The first kappa shape index (κ1) is 20.2. The summed E-state index contributed by atoms with van der Waals surface area (Å²) in [7, 11) is 0. The summed E-state index contributed by atoms with van der Waals surface area (Å²) in [5, 5.41) is 3.31. The van der Waals surface area contributed by atoms with E-state index >= 15 is 4.39 Å². The second-order valence-electron chi connectivity index (χ2n) is 7.82. The van der Waals surface area contributed by atoms with E-state index in [1.807, 2.05) is 13.0 Å². The molecule has 1 atom stereocenters. The van der Waals surface area contributed by atoms with Gasteiger partial charge in [0.15, 0.2) is 12.0 Å². The van der Waals surface area contributed by atoms with Gasteiger partial charge in [0.1, 0.15) is 11.5 Å². The first-order valence-corrected chi connectivity index (χ1v) is 10.3. The molecule has 0 radical (unpaired) electrons. The predicted octanol–water partition coefficient (Wildman–Crippen LogP) is 0.635. The van der Waals surface area contributed by atoms with Gasteiger partial charge in [0.05, 0.1) is 11.4 Å². The second kappa shape index (κ2) is 7.75. The molecule has 0 spiro atoms. The van der Waals surface area contributed by atoms with Gasteiger partial charge in [-0.1, -0.05) is 0 Å². The lowest BCUT2D eigenvalue weighted by atomic mass is 10.1. The van der Waals surface area contributed by atoms with Crippen molar-refractivity contribution in [2.24, 2.45) is 5.73 Å². The van der Waals surface area contributed by atoms with Crippen LogP contribution in [0.2, 0.25) is 0 Å². The summed E-state index contributed by atoms with van der Waals surface area (Å²) < 4.78 is 22.3. The first-order chi connectivity index (χ1) is 15.4. The molecule has 5 heterocycles. The summed E-state index contributed by atoms with van der Waals surface area (Å²) in [5.41, 5.74) is 8.21. The minimum absolute atomic E-state index is 0.154. The zero-order valence-electron chi connectivity index (χ0n) is 17.4. The van der Waals surface area contributed by atoms with E-state index in [0.717, 1.165) is 43.1 Å². The average Bonchev–Trinajstić information content (AvgIpc) is 3.32. The van der Waals surface area contributed by atoms with Crippen LogP contribution >= 0.6 is 0 Å². The monoisotopic (exact) mass is 439 g/mol. The van der Waals surface area contributed by atoms with Crippen LogP contribution in [0.5, 0.6) is 0 Å². The number of nitrogens with zero attached hydrogens (tertiary/aromatic N) is 5. The number of esters is 1. The molecule has 3 aromatic heterocycles. The Bertz CT molecular complexity index is 1220. The number of carbonyl (C=O) groups is 2. The molecule has 10 nitrogen and oxygen atoms in total. The van der Waals surface area contributed by atoms with Crippen LogP contribution in [-0.2, 0) is 20.7 Å². The number of nitrogens with two attached hydrogens (primary N) is 1. The topological polar surface area (TPSA) is 118 Å². The van der Waals surface area contributed by atoms with Crippen LogP contribution in [0.4, 0.5) is 21.6 Å². The van der Waals surface area contributed by atoms with Gasteiger partial charge < -0.3 is 25.1 Å². The number of primary amides is 1. The predicted molar refractivity (Wildman–Crippen MR) is 114 cm³/mol. The minimum Gasteiger partial charge on any atom is -0.434 e. The summed E-state index contributed by atoms with van der Waals surface area (Å²) in [5.74, 6) is -2.47. The number of carbonyl (C=O) groups excluding carboxylic acids is 2. The molecule has 0 saturated carbocycles. The lowest BCUT2D eigenvalue weighted by molar-refractivity contribution is -0.157. The van der Waals surface area contributed by atoms with Gasteiger partial charge >= 0.3 is 11.9 Å². The fourth-order valence-corrected chi connectivity index (χ4v) is 4.33. The van der Waals surface area contributed by atoms with Crippen molar-refractivity contribution in [3.8, 4) is 0 Å². The number of hydrogen-bond donors (Lipinski definition) is 2. The summed E-state index contributed by atoms with van der Waals surface area (Å²) in [6.07, 6.45) is 4.26. The highest BCUT2D eigenvalue weighted by atomic mass is 19.1. The van der Waals surface area contributed by atoms with Crippen LogP contribution in [0.3, 0.4) is 0 Å². The van der Waals surface area contributed by atoms with Gasteiger partial charge in [0.25, 0.3) is 0 Å². The molecule has 5 rings (SSSR count). The Morgan fingerprint density at radius 1 is 1.25 bits per heavy atom. The first-order valence-electron chi connectivity index (χ1n) is 10.3. The molecule has 1 fully saturated rings. The van der Waals surface area contributed by atoms with Gasteiger partial charge in [-0.25, -0.2) is 19.2 Å². The number of nitrogens with one attached hydrogen (secondary N) is 1. The van der Waals surface area contributed by atoms with E-state index in [4.69, 9.17) is 10.5 Å². The molecular weight excluding hydrogens is 417 g/mol. The summed E-state index contributed by atoms with van der Waals surface area (Å²) in [4.78, 5) is 35.9. The van der Waals surface area contributed by atoms with E-state index in [1.54, 1.807) is 23.0 Å². The van der Waals surface area contributed by atoms with E-state index in [9.17, 15) is 9.59 Å². The average molecular weight is 439 g/mol. The van der Waals surface area contributed by atoms with Gasteiger partial charge in [-0.2, -0.15) is 0 Å². The maximum absolute atomic E-state index is 15.2. The fourth-order valence-electron chi connectivity index (χ4n) is 4.33. The molecule has 3 N–H and O–H groups in total. The van der Waals surface area contributed by atoms with Crippen LogP contribution in [0.15, 0.2) is 30.7 Å². The number of rotatable bonds is 3. The summed E-state index contributed by atoms with van der Waals surface area (Å²) in [6.45, 7) is 5.10. The van der Waals surface area contributed by atoms with Gasteiger partial charge in [-0.05, 0) is 13.0 Å². The lowest BCUT2D eigenvalue weighted by Gasteiger charge is -2.31. The number of pyridine rings is 2. The Morgan fingerprint density at radius 2 is 2.03 bits per heavy atom. The number of anilines is 3. The van der Waals surface area contributed by atoms with Gasteiger partial charge in [0, 0.05) is 68.5 Å². The molecule has 1 amide bonds. The number of fused-ring (bicyclic) bond motifs is 2. The molecule has 1 unspecified atom stereocenters. The Labute approximate surface area is 182 Å². The molecule has 1 saturated heterocycles. The highest BCUT2D eigenvalue weighted by molar-refractivity contribution is 6.31. The van der Waals surface area contributed by atoms with Gasteiger partial charge in [-0.15, -0.1) is 0 Å². The Balaban J connectivity index is 1.63. The molecule has 3 aromatic rings. The number of aromatic nitrogens is 3. The van der Waals surface area contributed by atoms with Crippen LogP contribution < -0.4 is 20.9 Å². The van der Waals surface area contributed by atoms with Crippen molar-refractivity contribution in [1.82, 2.24) is 19.7 Å². The number of piperazine rings is 1. The molecule has 0 bridgehead atoms. The third-order valence-electron chi connectivity index (χ3n) is 5.71. The number of halogens is 1. The number of hydrogen-bond acceptors (Lipinski definition) is 8. The lowest BCUT2D eigenvalue weighted by Crippen LogP contribution is -2.43.